The smallest absolute Gasteiger partial charge is 0.420 e. The summed E-state index contributed by atoms with van der Waals surface area (Å²) in [5.41, 5.74) is -0.648. The minimum absolute atomic E-state index is 0.648. The predicted molar refractivity (Wildman–Crippen MR) is 59.9 cm³/mol. The van der Waals surface area contributed by atoms with Crippen LogP contribution in [0.2, 0.25) is 0 Å². The molecule has 0 bridgehead atoms. The quantitative estimate of drug-likeness (QED) is 0.247. The molecule has 0 spiro atoms. The summed E-state index contributed by atoms with van der Waals surface area (Å²) < 4.78 is 9.40. The maximum absolute atomic E-state index is 11.1. The Kier molecular flexibility index (Phi) is 5.80. The molecule has 0 aromatic rings. The highest BCUT2D eigenvalue weighted by Gasteiger charge is 2.28. The number of carbonyl (C=O) groups is 2. The van der Waals surface area contributed by atoms with Crippen LogP contribution in [-0.4, -0.2) is 23.5 Å². The Morgan fingerprint density at radius 3 is 2.06 bits per heavy atom. The van der Waals surface area contributed by atoms with Gasteiger partial charge < -0.3 is 9.47 Å². The van der Waals surface area contributed by atoms with Crippen molar-refractivity contribution in [3.05, 3.63) is 12.7 Å². The van der Waals surface area contributed by atoms with E-state index in [9.17, 15) is 9.59 Å². The highest BCUT2D eigenvalue weighted by molar-refractivity contribution is 5.81. The SMILES string of the molecule is C=CC(=O)OC(C)(C)OC(=O)OOOC(C)(C)C. The van der Waals surface area contributed by atoms with Gasteiger partial charge in [-0.2, -0.15) is 4.89 Å². The van der Waals surface area contributed by atoms with Crippen LogP contribution in [0.4, 0.5) is 4.79 Å². The van der Waals surface area contributed by atoms with Crippen molar-refractivity contribution in [2.24, 2.45) is 0 Å². The lowest BCUT2D eigenvalue weighted by Gasteiger charge is -2.23. The van der Waals surface area contributed by atoms with E-state index in [0.717, 1.165) is 6.08 Å². The van der Waals surface area contributed by atoms with Gasteiger partial charge in [0, 0.05) is 19.9 Å². The first-order valence-corrected chi connectivity index (χ1v) is 5.16. The molecule has 0 aromatic heterocycles. The predicted octanol–water partition coefficient (Wildman–Crippen LogP) is 2.27. The molecule has 0 saturated heterocycles. The first-order chi connectivity index (χ1) is 8.06. The molecule has 0 aliphatic rings. The summed E-state index contributed by atoms with van der Waals surface area (Å²) in [5.74, 6) is -2.24. The summed E-state index contributed by atoms with van der Waals surface area (Å²) >= 11 is 0. The summed E-state index contributed by atoms with van der Waals surface area (Å²) in [6.45, 7) is 11.0. The maximum Gasteiger partial charge on any atom is 0.545 e. The van der Waals surface area contributed by atoms with Crippen LogP contribution < -0.4 is 0 Å². The second-order valence-electron chi connectivity index (χ2n) is 4.72. The number of esters is 1. The summed E-state index contributed by atoms with van der Waals surface area (Å²) in [5, 5.41) is 4.20. The van der Waals surface area contributed by atoms with Gasteiger partial charge in [-0.3, -0.25) is 0 Å². The molecule has 18 heavy (non-hydrogen) atoms. The highest BCUT2D eigenvalue weighted by atomic mass is 17.5. The molecule has 0 N–H and O–H groups in total. The molecule has 0 aromatic carbocycles. The molecule has 0 saturated carbocycles. The molecule has 0 radical (unpaired) electrons. The molecule has 0 unspecified atom stereocenters. The van der Waals surface area contributed by atoms with E-state index < -0.39 is 23.5 Å². The van der Waals surface area contributed by atoms with Crippen molar-refractivity contribution in [2.75, 3.05) is 0 Å². The van der Waals surface area contributed by atoms with E-state index in [-0.39, 0.29) is 0 Å². The Hall–Kier alpha value is -1.60. The highest BCUT2D eigenvalue weighted by Crippen LogP contribution is 2.14. The summed E-state index contributed by atoms with van der Waals surface area (Å²) in [7, 11) is 0. The van der Waals surface area contributed by atoms with Crippen LogP contribution in [0.15, 0.2) is 12.7 Å². The third-order valence-corrected chi connectivity index (χ3v) is 1.23. The minimum Gasteiger partial charge on any atom is -0.420 e. The molecule has 7 heteroatoms. The van der Waals surface area contributed by atoms with Crippen molar-refractivity contribution in [3.8, 4) is 0 Å². The minimum atomic E-state index is -1.51. The van der Waals surface area contributed by atoms with E-state index in [1.165, 1.54) is 13.8 Å². The first-order valence-electron chi connectivity index (χ1n) is 5.16. The zero-order chi connectivity index (χ0) is 14.4. The first kappa shape index (κ1) is 16.4. The Bertz CT molecular complexity index is 314. The van der Waals surface area contributed by atoms with Crippen LogP contribution in [0, 0.1) is 0 Å². The van der Waals surface area contributed by atoms with Crippen LogP contribution in [0.25, 0.3) is 0 Å². The van der Waals surface area contributed by atoms with Crippen molar-refractivity contribution < 1.29 is 33.9 Å². The van der Waals surface area contributed by atoms with Crippen LogP contribution >= 0.6 is 0 Å². The molecule has 0 amide bonds. The van der Waals surface area contributed by atoms with Gasteiger partial charge in [-0.25, -0.2) is 14.5 Å². The second kappa shape index (κ2) is 6.36. The number of hydrogen-bond donors (Lipinski definition) is 0. The molecule has 0 aliphatic heterocycles. The van der Waals surface area contributed by atoms with Crippen molar-refractivity contribution in [1.29, 1.82) is 0 Å². The van der Waals surface area contributed by atoms with Gasteiger partial charge in [0.05, 0.1) is 5.60 Å². The van der Waals surface area contributed by atoms with Gasteiger partial charge in [0.15, 0.2) is 0 Å². The lowest BCUT2D eigenvalue weighted by Crippen LogP contribution is -2.34. The fraction of sp³-hybridized carbons (Fsp3) is 0.636. The summed E-state index contributed by atoms with van der Waals surface area (Å²) in [6.07, 6.45) is -0.267. The lowest BCUT2D eigenvalue weighted by molar-refractivity contribution is -0.516. The molecule has 7 nitrogen and oxygen atoms in total. The van der Waals surface area contributed by atoms with Crippen LogP contribution in [0.5, 0.6) is 0 Å². The molecule has 0 fully saturated rings. The maximum atomic E-state index is 11.1. The topological polar surface area (TPSA) is 80.3 Å². The Morgan fingerprint density at radius 2 is 1.61 bits per heavy atom. The third-order valence-electron chi connectivity index (χ3n) is 1.23. The van der Waals surface area contributed by atoms with E-state index in [4.69, 9.17) is 4.74 Å². The number of ether oxygens (including phenoxy) is 2. The second-order valence-corrected chi connectivity index (χ2v) is 4.72. The Labute approximate surface area is 105 Å². The van der Waals surface area contributed by atoms with Gasteiger partial charge in [0.25, 0.3) is 5.79 Å². The van der Waals surface area contributed by atoms with Crippen molar-refractivity contribution >= 4 is 12.1 Å². The fourth-order valence-corrected chi connectivity index (χ4v) is 0.669. The van der Waals surface area contributed by atoms with Crippen molar-refractivity contribution in [1.82, 2.24) is 0 Å². The van der Waals surface area contributed by atoms with Crippen molar-refractivity contribution in [3.63, 3.8) is 0 Å². The summed E-state index contributed by atoms with van der Waals surface area (Å²) in [4.78, 5) is 30.9. The number of rotatable bonds is 5. The van der Waals surface area contributed by atoms with E-state index in [0.29, 0.717) is 0 Å². The standard InChI is InChI=1S/C11H18O7/c1-7-8(12)14-11(5,6)15-9(13)16-18-17-10(2,3)4/h7H,1H2,2-6H3. The van der Waals surface area contributed by atoms with E-state index in [2.05, 4.69) is 26.1 Å². The lowest BCUT2D eigenvalue weighted by atomic mass is 10.2. The van der Waals surface area contributed by atoms with Gasteiger partial charge >= 0.3 is 12.1 Å². The molecule has 0 heterocycles. The average molecular weight is 262 g/mol. The normalized spacial score (nSPS) is 11.6. The number of hydrogen-bond acceptors (Lipinski definition) is 7. The van der Waals surface area contributed by atoms with Gasteiger partial charge in [0.1, 0.15) is 0 Å². The van der Waals surface area contributed by atoms with E-state index >= 15 is 0 Å². The number of carbonyl (C=O) groups excluding carboxylic acids is 2. The zero-order valence-electron chi connectivity index (χ0n) is 11.1. The van der Waals surface area contributed by atoms with Crippen molar-refractivity contribution in [2.45, 2.75) is 46.0 Å². The van der Waals surface area contributed by atoms with Crippen LogP contribution in [-0.2, 0) is 29.1 Å². The average Bonchev–Trinajstić information content (AvgIpc) is 2.13. The van der Waals surface area contributed by atoms with Gasteiger partial charge in [0.2, 0.25) is 0 Å². The Balaban J connectivity index is 4.07. The monoisotopic (exact) mass is 262 g/mol. The van der Waals surface area contributed by atoms with Gasteiger partial charge in [-0.15, -0.1) is 0 Å². The van der Waals surface area contributed by atoms with Gasteiger partial charge in [-0.05, 0) is 25.8 Å². The third kappa shape index (κ3) is 8.54. The molecule has 0 aliphatic carbocycles. The molecule has 0 atom stereocenters. The Morgan fingerprint density at radius 1 is 1.06 bits per heavy atom. The largest absolute Gasteiger partial charge is 0.545 e. The van der Waals surface area contributed by atoms with E-state index in [1.54, 1.807) is 20.8 Å². The van der Waals surface area contributed by atoms with Crippen LogP contribution in [0.3, 0.4) is 0 Å². The molecular weight excluding hydrogens is 244 g/mol. The fourth-order valence-electron chi connectivity index (χ4n) is 0.669. The zero-order valence-corrected chi connectivity index (χ0v) is 11.1. The molecule has 0 rings (SSSR count). The van der Waals surface area contributed by atoms with Gasteiger partial charge in [-0.1, -0.05) is 6.58 Å². The van der Waals surface area contributed by atoms with E-state index in [1.807, 2.05) is 0 Å². The molecule has 104 valence electrons. The van der Waals surface area contributed by atoms with Crippen LogP contribution in [0.1, 0.15) is 34.6 Å². The molecular formula is C11H18O7. The summed E-state index contributed by atoms with van der Waals surface area (Å²) in [6, 6.07) is 0.